The van der Waals surface area contributed by atoms with Crippen molar-refractivity contribution >= 4 is 49.8 Å². The van der Waals surface area contributed by atoms with Gasteiger partial charge in [0.05, 0.1) is 0 Å². The van der Waals surface area contributed by atoms with Crippen molar-refractivity contribution in [1.29, 1.82) is 0 Å². The Morgan fingerprint density at radius 1 is 0.593 bits per heavy atom. The van der Waals surface area contributed by atoms with Crippen molar-refractivity contribution in [2.45, 2.75) is 19.3 Å². The zero-order valence-electron chi connectivity index (χ0n) is 14.5. The van der Waals surface area contributed by atoms with Crippen molar-refractivity contribution in [2.75, 3.05) is 10.6 Å². The molecule has 0 atom stereocenters. The molecule has 0 bridgehead atoms. The van der Waals surface area contributed by atoms with Crippen LogP contribution in [0.4, 0.5) is 20.8 Å². The van der Waals surface area contributed by atoms with Crippen LogP contribution in [0.1, 0.15) is 15.6 Å². The molecular weight excluding hydrogens is 470 g/mol. The van der Waals surface area contributed by atoms with E-state index in [0.717, 1.165) is 40.0 Å². The number of hydrogen-bond acceptors (Lipinski definition) is 6. The normalized spacial score (nSPS) is 10.7. The predicted molar refractivity (Wildman–Crippen MR) is 109 cm³/mol. The molecule has 4 rings (SSSR count). The van der Waals surface area contributed by atoms with Crippen molar-refractivity contribution in [2.24, 2.45) is 0 Å². The Morgan fingerprint density at radius 2 is 1.04 bits per heavy atom. The van der Waals surface area contributed by atoms with Crippen LogP contribution in [0.25, 0.3) is 0 Å². The van der Waals surface area contributed by atoms with Crippen LogP contribution in [0.2, 0.25) is 0 Å². The first-order valence-electron chi connectivity index (χ1n) is 8.64. The molecule has 2 heterocycles. The minimum atomic E-state index is 0.189. The summed E-state index contributed by atoms with van der Waals surface area (Å²) in [4.78, 5) is 0. The average molecular weight is 488 g/mol. The number of para-hydroxylation sites is 2. The molecule has 0 amide bonds. The summed E-state index contributed by atoms with van der Waals surface area (Å²) in [6.45, 7) is 0. The molecule has 8 heteroatoms. The van der Waals surface area contributed by atoms with Crippen molar-refractivity contribution < 1.29 is 0 Å². The first kappa shape index (κ1) is 18.1. The molecule has 6 nitrogen and oxygen atoms in total. The van der Waals surface area contributed by atoms with Gasteiger partial charge < -0.3 is 0 Å². The standard InChI is InChI=1S/C19H18N6Se2/c1-3-8-14(9-4-1)20-18-24-22-16(26-18)12-7-13-17-23-25-19(27-17)21-15-10-5-2-6-11-15/h1-6,8-11H,7,12-13H2,(H,20,24)(H,21,25). The molecule has 0 spiro atoms. The topological polar surface area (TPSA) is 75.6 Å². The Morgan fingerprint density at radius 3 is 1.48 bits per heavy atom. The molecule has 0 saturated heterocycles. The molecule has 0 aliphatic heterocycles. The Bertz CT molecular complexity index is 888. The summed E-state index contributed by atoms with van der Waals surface area (Å²) in [6.07, 6.45) is 2.99. The van der Waals surface area contributed by atoms with Gasteiger partial charge in [0, 0.05) is 0 Å². The van der Waals surface area contributed by atoms with Gasteiger partial charge in [0.1, 0.15) is 0 Å². The third-order valence-corrected chi connectivity index (χ3v) is 7.54. The van der Waals surface area contributed by atoms with Crippen LogP contribution in [-0.2, 0) is 12.8 Å². The Balaban J connectivity index is 1.25. The first-order valence-corrected chi connectivity index (χ1v) is 12.1. The van der Waals surface area contributed by atoms with Gasteiger partial charge in [-0.1, -0.05) is 0 Å². The maximum atomic E-state index is 4.34. The summed E-state index contributed by atoms with van der Waals surface area (Å²) >= 11 is 0.379. The van der Waals surface area contributed by atoms with Crippen molar-refractivity contribution in [1.82, 2.24) is 20.4 Å². The van der Waals surface area contributed by atoms with E-state index in [1.165, 1.54) is 9.14 Å². The molecule has 4 aromatic rings. The van der Waals surface area contributed by atoms with Crippen molar-refractivity contribution in [3.05, 3.63) is 69.8 Å². The number of aryl methyl sites for hydroxylation is 2. The second kappa shape index (κ2) is 9.11. The van der Waals surface area contributed by atoms with E-state index in [-0.39, 0.29) is 29.0 Å². The average Bonchev–Trinajstić information content (AvgIpc) is 3.33. The first-order chi connectivity index (χ1) is 13.3. The number of hydrogen-bond donors (Lipinski definition) is 2. The number of nitrogens with one attached hydrogen (secondary N) is 2. The number of rotatable bonds is 8. The van der Waals surface area contributed by atoms with Crippen LogP contribution in [0.15, 0.2) is 60.7 Å². The molecule has 0 aliphatic rings. The van der Waals surface area contributed by atoms with E-state index in [4.69, 9.17) is 0 Å². The molecule has 0 fully saturated rings. The van der Waals surface area contributed by atoms with E-state index in [0.29, 0.717) is 0 Å². The van der Waals surface area contributed by atoms with E-state index in [1.54, 1.807) is 0 Å². The predicted octanol–water partition coefficient (Wildman–Crippen LogP) is 3.04. The number of anilines is 4. The van der Waals surface area contributed by atoms with E-state index in [9.17, 15) is 0 Å². The fraction of sp³-hybridized carbons (Fsp3) is 0.158. The van der Waals surface area contributed by atoms with Gasteiger partial charge in [-0.2, -0.15) is 0 Å². The van der Waals surface area contributed by atoms with Gasteiger partial charge in [-0.05, 0) is 0 Å². The van der Waals surface area contributed by atoms with E-state index < -0.39 is 0 Å². The Labute approximate surface area is 169 Å². The van der Waals surface area contributed by atoms with Crippen LogP contribution in [0, 0.1) is 0 Å². The zero-order valence-corrected chi connectivity index (χ0v) is 17.9. The quantitative estimate of drug-likeness (QED) is 0.372. The Kier molecular flexibility index (Phi) is 6.12. The molecule has 0 saturated carbocycles. The molecule has 0 aliphatic carbocycles. The molecule has 2 aromatic heterocycles. The van der Waals surface area contributed by atoms with Gasteiger partial charge in [0.25, 0.3) is 0 Å². The Hall–Kier alpha value is -2.24. The molecule has 136 valence electrons. The van der Waals surface area contributed by atoms with Crippen molar-refractivity contribution in [3.8, 4) is 0 Å². The second-order valence-corrected chi connectivity index (χ2v) is 10.3. The van der Waals surface area contributed by atoms with Crippen LogP contribution in [0.3, 0.4) is 0 Å². The van der Waals surface area contributed by atoms with Gasteiger partial charge in [0.2, 0.25) is 0 Å². The third-order valence-electron chi connectivity index (χ3n) is 3.77. The molecule has 27 heavy (non-hydrogen) atoms. The summed E-state index contributed by atoms with van der Waals surface area (Å²) in [5.74, 6) is 0. The third kappa shape index (κ3) is 5.37. The molecule has 2 aromatic carbocycles. The van der Waals surface area contributed by atoms with E-state index in [1.807, 2.05) is 60.7 Å². The van der Waals surface area contributed by atoms with Gasteiger partial charge in [-0.15, -0.1) is 0 Å². The maximum absolute atomic E-state index is 4.34. The van der Waals surface area contributed by atoms with Gasteiger partial charge in [-0.25, -0.2) is 0 Å². The molecule has 2 N–H and O–H groups in total. The van der Waals surface area contributed by atoms with Crippen LogP contribution >= 0.6 is 0 Å². The number of benzene rings is 2. The molecule has 0 unspecified atom stereocenters. The van der Waals surface area contributed by atoms with Crippen LogP contribution < -0.4 is 10.6 Å². The summed E-state index contributed by atoms with van der Waals surface area (Å²) in [7, 11) is 0. The zero-order chi connectivity index (χ0) is 18.3. The monoisotopic (exact) mass is 490 g/mol. The summed E-state index contributed by atoms with van der Waals surface area (Å²) in [5, 5.41) is 23.9. The fourth-order valence-electron chi connectivity index (χ4n) is 2.49. The summed E-state index contributed by atoms with van der Waals surface area (Å²) in [6, 6.07) is 20.2. The van der Waals surface area contributed by atoms with Gasteiger partial charge >= 0.3 is 170 Å². The van der Waals surface area contributed by atoms with Crippen LogP contribution in [-0.4, -0.2) is 49.4 Å². The van der Waals surface area contributed by atoms with E-state index >= 15 is 0 Å². The fourth-order valence-corrected chi connectivity index (χ4v) is 5.86. The molecular formula is C19H18N6Se2. The van der Waals surface area contributed by atoms with Crippen molar-refractivity contribution in [3.63, 3.8) is 0 Å². The summed E-state index contributed by atoms with van der Waals surface area (Å²) < 4.78 is 4.33. The van der Waals surface area contributed by atoms with Gasteiger partial charge in [0.15, 0.2) is 0 Å². The van der Waals surface area contributed by atoms with Gasteiger partial charge in [-0.3, -0.25) is 0 Å². The minimum absolute atomic E-state index is 0.189. The number of nitrogens with zero attached hydrogens (tertiary/aromatic N) is 4. The molecule has 0 radical (unpaired) electrons. The summed E-state index contributed by atoms with van der Waals surface area (Å²) in [5.41, 5.74) is 2.13. The SMILES string of the molecule is c1ccc(Nc2nnc(CCCc3nnc(Nc4ccccc4)[se]3)[se]2)cc1. The second-order valence-electron chi connectivity index (χ2n) is 5.84. The number of aromatic nitrogens is 4. The van der Waals surface area contributed by atoms with Crippen LogP contribution in [0.5, 0.6) is 0 Å². The van der Waals surface area contributed by atoms with E-state index in [2.05, 4.69) is 31.0 Å².